The van der Waals surface area contributed by atoms with Crippen molar-refractivity contribution in [3.8, 4) is 11.4 Å². The molecule has 2 heterocycles. The van der Waals surface area contributed by atoms with E-state index in [0.29, 0.717) is 5.02 Å². The van der Waals surface area contributed by atoms with Gasteiger partial charge in [-0.15, -0.1) is 0 Å². The fourth-order valence-electron chi connectivity index (χ4n) is 1.81. The SMILES string of the molecule is CC(c1nn(C)c(-c2ccccn2)c1Cl)N(C)C. The maximum absolute atomic E-state index is 6.45. The van der Waals surface area contributed by atoms with Crippen molar-refractivity contribution < 1.29 is 0 Å². The standard InChI is InChI=1S/C13H17ClN4/c1-9(17(2)3)12-11(14)13(18(4)16-12)10-7-5-6-8-15-10/h5-9H,1-4H3. The summed E-state index contributed by atoms with van der Waals surface area (Å²) in [6.45, 7) is 2.08. The highest BCUT2D eigenvalue weighted by Gasteiger charge is 2.21. The number of aromatic nitrogens is 3. The van der Waals surface area contributed by atoms with Gasteiger partial charge in [0.05, 0.1) is 22.5 Å². The number of hydrogen-bond acceptors (Lipinski definition) is 3. The van der Waals surface area contributed by atoms with E-state index >= 15 is 0 Å². The molecule has 2 aromatic rings. The minimum absolute atomic E-state index is 0.168. The summed E-state index contributed by atoms with van der Waals surface area (Å²) in [6, 6.07) is 5.94. The maximum atomic E-state index is 6.45. The van der Waals surface area contributed by atoms with Gasteiger partial charge in [-0.3, -0.25) is 9.67 Å². The van der Waals surface area contributed by atoms with Gasteiger partial charge in [0.1, 0.15) is 5.69 Å². The predicted octanol–water partition coefficient (Wildman–Crippen LogP) is 2.76. The zero-order valence-corrected chi connectivity index (χ0v) is 11.8. The van der Waals surface area contributed by atoms with Crippen molar-refractivity contribution in [1.82, 2.24) is 19.7 Å². The van der Waals surface area contributed by atoms with Gasteiger partial charge in [0.25, 0.3) is 0 Å². The van der Waals surface area contributed by atoms with Crippen LogP contribution in [0.3, 0.4) is 0 Å². The minimum atomic E-state index is 0.168. The molecule has 0 saturated carbocycles. The van der Waals surface area contributed by atoms with Crippen molar-refractivity contribution in [1.29, 1.82) is 0 Å². The Hall–Kier alpha value is -1.39. The van der Waals surface area contributed by atoms with Crippen LogP contribution in [-0.4, -0.2) is 33.8 Å². The first kappa shape index (κ1) is 13.1. The van der Waals surface area contributed by atoms with Crippen LogP contribution < -0.4 is 0 Å². The van der Waals surface area contributed by atoms with Crippen LogP contribution in [0.2, 0.25) is 5.02 Å². The van der Waals surface area contributed by atoms with Crippen molar-refractivity contribution in [2.75, 3.05) is 14.1 Å². The molecule has 96 valence electrons. The molecular weight excluding hydrogens is 248 g/mol. The molecule has 0 fully saturated rings. The summed E-state index contributed by atoms with van der Waals surface area (Å²) in [5.41, 5.74) is 2.58. The summed E-state index contributed by atoms with van der Waals surface area (Å²) in [5, 5.41) is 5.19. The van der Waals surface area contributed by atoms with E-state index in [4.69, 9.17) is 11.6 Å². The molecular formula is C13H17ClN4. The summed E-state index contributed by atoms with van der Waals surface area (Å²) in [4.78, 5) is 6.41. The summed E-state index contributed by atoms with van der Waals surface area (Å²) < 4.78 is 1.79. The number of nitrogens with zero attached hydrogens (tertiary/aromatic N) is 4. The zero-order valence-electron chi connectivity index (χ0n) is 11.1. The van der Waals surface area contributed by atoms with Crippen LogP contribution in [0.1, 0.15) is 18.7 Å². The Balaban J connectivity index is 2.51. The van der Waals surface area contributed by atoms with Crippen LogP contribution >= 0.6 is 11.6 Å². The van der Waals surface area contributed by atoms with E-state index in [0.717, 1.165) is 17.1 Å². The van der Waals surface area contributed by atoms with Gasteiger partial charge in [-0.2, -0.15) is 5.10 Å². The van der Waals surface area contributed by atoms with Gasteiger partial charge >= 0.3 is 0 Å². The molecule has 0 bridgehead atoms. The topological polar surface area (TPSA) is 34.0 Å². The van der Waals surface area contributed by atoms with Gasteiger partial charge in [-0.1, -0.05) is 17.7 Å². The second-order valence-electron chi connectivity index (χ2n) is 4.53. The Kier molecular flexibility index (Phi) is 3.68. The van der Waals surface area contributed by atoms with E-state index < -0.39 is 0 Å². The molecule has 0 aliphatic rings. The molecule has 2 aromatic heterocycles. The smallest absolute Gasteiger partial charge is 0.105 e. The first-order valence-corrected chi connectivity index (χ1v) is 6.20. The number of pyridine rings is 1. The van der Waals surface area contributed by atoms with Crippen LogP contribution in [0.5, 0.6) is 0 Å². The number of aryl methyl sites for hydroxylation is 1. The lowest BCUT2D eigenvalue weighted by Gasteiger charge is -2.17. The Morgan fingerprint density at radius 3 is 2.61 bits per heavy atom. The highest BCUT2D eigenvalue weighted by atomic mass is 35.5. The molecule has 0 saturated heterocycles. The molecule has 18 heavy (non-hydrogen) atoms. The molecule has 1 atom stereocenters. The minimum Gasteiger partial charge on any atom is -0.301 e. The lowest BCUT2D eigenvalue weighted by Crippen LogP contribution is -2.17. The predicted molar refractivity (Wildman–Crippen MR) is 73.6 cm³/mol. The largest absolute Gasteiger partial charge is 0.301 e. The Morgan fingerprint density at radius 2 is 2.06 bits per heavy atom. The summed E-state index contributed by atoms with van der Waals surface area (Å²) >= 11 is 6.45. The number of rotatable bonds is 3. The number of hydrogen-bond donors (Lipinski definition) is 0. The van der Waals surface area contributed by atoms with Crippen LogP contribution in [0.25, 0.3) is 11.4 Å². The van der Waals surface area contributed by atoms with Gasteiger partial charge in [0.2, 0.25) is 0 Å². The van der Waals surface area contributed by atoms with E-state index in [1.165, 1.54) is 0 Å². The van der Waals surface area contributed by atoms with Crippen molar-refractivity contribution in [2.24, 2.45) is 7.05 Å². The molecule has 2 rings (SSSR count). The lowest BCUT2D eigenvalue weighted by molar-refractivity contribution is 0.313. The lowest BCUT2D eigenvalue weighted by atomic mass is 10.2. The maximum Gasteiger partial charge on any atom is 0.105 e. The molecule has 4 nitrogen and oxygen atoms in total. The van der Waals surface area contributed by atoms with Crippen LogP contribution in [0.15, 0.2) is 24.4 Å². The monoisotopic (exact) mass is 264 g/mol. The van der Waals surface area contributed by atoms with Gasteiger partial charge in [0.15, 0.2) is 0 Å². The van der Waals surface area contributed by atoms with Gasteiger partial charge in [-0.25, -0.2) is 0 Å². The molecule has 0 aliphatic heterocycles. The van der Waals surface area contributed by atoms with Crippen molar-refractivity contribution in [2.45, 2.75) is 13.0 Å². The van der Waals surface area contributed by atoms with Gasteiger partial charge < -0.3 is 4.90 Å². The summed E-state index contributed by atoms with van der Waals surface area (Å²) in [7, 11) is 5.91. The van der Waals surface area contributed by atoms with E-state index in [1.807, 2.05) is 39.3 Å². The molecule has 0 aliphatic carbocycles. The highest BCUT2D eigenvalue weighted by molar-refractivity contribution is 6.33. The third-order valence-electron chi connectivity index (χ3n) is 3.09. The first-order chi connectivity index (χ1) is 8.52. The molecule has 0 N–H and O–H groups in total. The second-order valence-corrected chi connectivity index (χ2v) is 4.90. The fourth-order valence-corrected chi connectivity index (χ4v) is 2.23. The van der Waals surface area contributed by atoms with E-state index in [9.17, 15) is 0 Å². The molecule has 1 unspecified atom stereocenters. The van der Waals surface area contributed by atoms with Crippen LogP contribution in [0.4, 0.5) is 0 Å². The Morgan fingerprint density at radius 1 is 1.33 bits per heavy atom. The molecule has 0 spiro atoms. The average molecular weight is 265 g/mol. The average Bonchev–Trinajstić information content (AvgIpc) is 2.65. The van der Waals surface area contributed by atoms with Crippen molar-refractivity contribution >= 4 is 11.6 Å². The Labute approximate surface area is 112 Å². The fraction of sp³-hybridized carbons (Fsp3) is 0.385. The van der Waals surface area contributed by atoms with Crippen LogP contribution in [-0.2, 0) is 7.05 Å². The Bertz CT molecular complexity index is 533. The van der Waals surface area contributed by atoms with E-state index in [1.54, 1.807) is 10.9 Å². The first-order valence-electron chi connectivity index (χ1n) is 5.82. The van der Waals surface area contributed by atoms with Crippen molar-refractivity contribution in [3.63, 3.8) is 0 Å². The quantitative estimate of drug-likeness (QED) is 0.855. The summed E-state index contributed by atoms with van der Waals surface area (Å²) in [5.74, 6) is 0. The van der Waals surface area contributed by atoms with E-state index in [2.05, 4.69) is 21.9 Å². The highest BCUT2D eigenvalue weighted by Crippen LogP contribution is 2.33. The molecule has 0 aromatic carbocycles. The number of halogens is 1. The molecule has 0 radical (unpaired) electrons. The van der Waals surface area contributed by atoms with E-state index in [-0.39, 0.29) is 6.04 Å². The molecule has 0 amide bonds. The van der Waals surface area contributed by atoms with Crippen LogP contribution in [0, 0.1) is 0 Å². The molecule has 5 heteroatoms. The third-order valence-corrected chi connectivity index (χ3v) is 3.46. The zero-order chi connectivity index (χ0) is 13.3. The summed E-state index contributed by atoms with van der Waals surface area (Å²) in [6.07, 6.45) is 1.76. The van der Waals surface area contributed by atoms with Gasteiger partial charge in [0, 0.05) is 13.2 Å². The normalized spacial score (nSPS) is 13.0. The van der Waals surface area contributed by atoms with Crippen molar-refractivity contribution in [3.05, 3.63) is 35.1 Å². The second kappa shape index (κ2) is 5.08. The third kappa shape index (κ3) is 2.26. The van der Waals surface area contributed by atoms with Gasteiger partial charge in [-0.05, 0) is 33.2 Å².